The Labute approximate surface area is 133 Å². The fourth-order valence-electron chi connectivity index (χ4n) is 2.68. The van der Waals surface area contributed by atoms with Crippen molar-refractivity contribution in [1.29, 1.82) is 0 Å². The van der Waals surface area contributed by atoms with Gasteiger partial charge in [-0.3, -0.25) is 14.4 Å². The maximum atomic E-state index is 12.2. The molecular weight excluding hydrogens is 294 g/mol. The van der Waals surface area contributed by atoms with E-state index in [2.05, 4.69) is 5.32 Å². The Kier molecular flexibility index (Phi) is 4.23. The Bertz CT molecular complexity index is 746. The van der Waals surface area contributed by atoms with Crippen molar-refractivity contribution in [3.05, 3.63) is 42.5 Å². The second-order valence-corrected chi connectivity index (χ2v) is 5.41. The first-order valence-corrected chi connectivity index (χ1v) is 7.46. The van der Waals surface area contributed by atoms with Gasteiger partial charge in [-0.05, 0) is 11.5 Å². The quantitative estimate of drug-likeness (QED) is 0.666. The topological polar surface area (TPSA) is 69.7 Å². The predicted octanol–water partition coefficient (Wildman–Crippen LogP) is 1.08. The fraction of sp³-hybridized carbons (Fsp3) is 0.235. The van der Waals surface area contributed by atoms with Crippen molar-refractivity contribution < 1.29 is 14.4 Å². The molecule has 3 rings (SSSR count). The van der Waals surface area contributed by atoms with Crippen LogP contribution < -0.4 is 5.32 Å². The molecule has 23 heavy (non-hydrogen) atoms. The molecule has 2 aromatic rings. The molecular formula is C17H17N3O3. The lowest BCUT2D eigenvalue weighted by molar-refractivity contribution is -0.144. The average molecular weight is 311 g/mol. The zero-order valence-corrected chi connectivity index (χ0v) is 12.6. The van der Waals surface area contributed by atoms with Crippen molar-refractivity contribution in [2.45, 2.75) is 0 Å². The highest BCUT2D eigenvalue weighted by atomic mass is 16.2. The van der Waals surface area contributed by atoms with E-state index in [-0.39, 0.29) is 0 Å². The number of nitrogens with one attached hydrogen (secondary N) is 1. The summed E-state index contributed by atoms with van der Waals surface area (Å²) in [6, 6.07) is 13.2. The van der Waals surface area contributed by atoms with Gasteiger partial charge in [0.1, 0.15) is 0 Å². The second-order valence-electron chi connectivity index (χ2n) is 5.41. The first kappa shape index (κ1) is 15.0. The van der Waals surface area contributed by atoms with E-state index in [1.165, 1.54) is 4.90 Å². The van der Waals surface area contributed by atoms with Crippen LogP contribution in [0.5, 0.6) is 0 Å². The number of hydrogen-bond donors (Lipinski definition) is 1. The van der Waals surface area contributed by atoms with Crippen LogP contribution in [-0.2, 0) is 14.4 Å². The van der Waals surface area contributed by atoms with Gasteiger partial charge < -0.3 is 15.1 Å². The van der Waals surface area contributed by atoms with Gasteiger partial charge in [-0.25, -0.2) is 0 Å². The second kappa shape index (κ2) is 6.48. The molecule has 0 saturated carbocycles. The number of rotatable bonds is 2. The van der Waals surface area contributed by atoms with E-state index < -0.39 is 11.8 Å². The van der Waals surface area contributed by atoms with Crippen LogP contribution in [0.2, 0.25) is 0 Å². The summed E-state index contributed by atoms with van der Waals surface area (Å²) in [5.41, 5.74) is 0.618. The molecule has 1 N–H and O–H groups in total. The van der Waals surface area contributed by atoms with Gasteiger partial charge in [0.25, 0.3) is 0 Å². The van der Waals surface area contributed by atoms with E-state index in [0.29, 0.717) is 31.9 Å². The van der Waals surface area contributed by atoms with Gasteiger partial charge in [-0.15, -0.1) is 0 Å². The van der Waals surface area contributed by atoms with Crippen molar-refractivity contribution in [1.82, 2.24) is 9.80 Å². The SMILES string of the molecule is O=CN1CCN(C(=O)C(=O)Nc2cccc3ccccc23)CC1. The number of carbonyl (C=O) groups excluding carboxylic acids is 3. The molecule has 3 amide bonds. The lowest BCUT2D eigenvalue weighted by atomic mass is 10.1. The fourth-order valence-corrected chi connectivity index (χ4v) is 2.68. The van der Waals surface area contributed by atoms with Crippen LogP contribution in [-0.4, -0.2) is 54.2 Å². The van der Waals surface area contributed by atoms with Crippen molar-refractivity contribution in [3.63, 3.8) is 0 Å². The first-order chi connectivity index (χ1) is 11.2. The Hall–Kier alpha value is -2.89. The molecule has 0 spiro atoms. The van der Waals surface area contributed by atoms with Gasteiger partial charge in [0.2, 0.25) is 6.41 Å². The highest BCUT2D eigenvalue weighted by molar-refractivity contribution is 6.40. The zero-order valence-electron chi connectivity index (χ0n) is 12.6. The molecule has 1 fully saturated rings. The monoisotopic (exact) mass is 311 g/mol. The molecule has 6 heteroatoms. The van der Waals surface area contributed by atoms with Gasteiger partial charge in [0.15, 0.2) is 0 Å². The Morgan fingerprint density at radius 1 is 0.957 bits per heavy atom. The molecule has 1 heterocycles. The molecule has 1 aliphatic rings. The van der Waals surface area contributed by atoms with Crippen LogP contribution >= 0.6 is 0 Å². The summed E-state index contributed by atoms with van der Waals surface area (Å²) in [7, 11) is 0. The minimum absolute atomic E-state index is 0.376. The lowest BCUT2D eigenvalue weighted by Crippen LogP contribution is -2.51. The minimum atomic E-state index is -0.652. The van der Waals surface area contributed by atoms with E-state index >= 15 is 0 Å². The highest BCUT2D eigenvalue weighted by Crippen LogP contribution is 2.22. The maximum Gasteiger partial charge on any atom is 0.313 e. The summed E-state index contributed by atoms with van der Waals surface area (Å²) in [4.78, 5) is 38.2. The molecule has 2 aromatic carbocycles. The number of anilines is 1. The third-order valence-electron chi connectivity index (χ3n) is 3.98. The van der Waals surface area contributed by atoms with Gasteiger partial charge in [0.05, 0.1) is 0 Å². The molecule has 0 radical (unpaired) electrons. The third-order valence-corrected chi connectivity index (χ3v) is 3.98. The van der Waals surface area contributed by atoms with Crippen LogP contribution in [0.1, 0.15) is 0 Å². The summed E-state index contributed by atoms with van der Waals surface area (Å²) in [6.07, 6.45) is 0.762. The van der Waals surface area contributed by atoms with E-state index in [4.69, 9.17) is 0 Å². The van der Waals surface area contributed by atoms with Crippen LogP contribution in [0, 0.1) is 0 Å². The summed E-state index contributed by atoms with van der Waals surface area (Å²) < 4.78 is 0. The largest absolute Gasteiger partial charge is 0.342 e. The number of piperazine rings is 1. The minimum Gasteiger partial charge on any atom is -0.342 e. The summed E-state index contributed by atoms with van der Waals surface area (Å²) in [5, 5.41) is 4.58. The summed E-state index contributed by atoms with van der Waals surface area (Å²) in [5.74, 6) is -1.22. The number of hydrogen-bond acceptors (Lipinski definition) is 3. The van der Waals surface area contributed by atoms with Gasteiger partial charge in [-0.2, -0.15) is 0 Å². The normalized spacial score (nSPS) is 14.6. The third kappa shape index (κ3) is 3.15. The molecule has 0 aromatic heterocycles. The number of carbonyl (C=O) groups is 3. The standard InChI is InChI=1S/C17H17N3O3/c21-12-19-8-10-20(11-9-19)17(23)16(22)18-15-7-3-5-13-4-1-2-6-14(13)15/h1-7,12H,8-11H2,(H,18,22). The Morgan fingerprint density at radius 3 is 2.39 bits per heavy atom. The molecule has 0 atom stereocenters. The maximum absolute atomic E-state index is 12.2. The van der Waals surface area contributed by atoms with Crippen LogP contribution in [0.15, 0.2) is 42.5 Å². The lowest BCUT2D eigenvalue weighted by Gasteiger charge is -2.32. The number of amides is 3. The molecule has 1 aliphatic heterocycles. The van der Waals surface area contributed by atoms with Crippen LogP contribution in [0.25, 0.3) is 10.8 Å². The van der Waals surface area contributed by atoms with E-state index in [1.54, 1.807) is 11.0 Å². The average Bonchev–Trinajstić information content (AvgIpc) is 2.61. The smallest absolute Gasteiger partial charge is 0.313 e. The van der Waals surface area contributed by atoms with Gasteiger partial charge >= 0.3 is 11.8 Å². The summed E-state index contributed by atoms with van der Waals surface area (Å²) in [6.45, 7) is 1.66. The summed E-state index contributed by atoms with van der Waals surface area (Å²) >= 11 is 0. The highest BCUT2D eigenvalue weighted by Gasteiger charge is 2.25. The van der Waals surface area contributed by atoms with E-state index in [9.17, 15) is 14.4 Å². The molecule has 1 saturated heterocycles. The van der Waals surface area contributed by atoms with Crippen molar-refractivity contribution >= 4 is 34.7 Å². The number of fused-ring (bicyclic) bond motifs is 1. The van der Waals surface area contributed by atoms with Gasteiger partial charge in [0, 0.05) is 37.3 Å². The molecule has 0 unspecified atom stereocenters. The predicted molar refractivity (Wildman–Crippen MR) is 86.8 cm³/mol. The van der Waals surface area contributed by atoms with Crippen molar-refractivity contribution in [3.8, 4) is 0 Å². The number of nitrogens with zero attached hydrogens (tertiary/aromatic N) is 2. The Morgan fingerprint density at radius 2 is 1.65 bits per heavy atom. The molecule has 0 bridgehead atoms. The van der Waals surface area contributed by atoms with Gasteiger partial charge in [-0.1, -0.05) is 36.4 Å². The molecule has 6 nitrogen and oxygen atoms in total. The first-order valence-electron chi connectivity index (χ1n) is 7.46. The van der Waals surface area contributed by atoms with Crippen LogP contribution in [0.4, 0.5) is 5.69 Å². The van der Waals surface area contributed by atoms with Crippen molar-refractivity contribution in [2.75, 3.05) is 31.5 Å². The zero-order chi connectivity index (χ0) is 16.2. The number of benzene rings is 2. The van der Waals surface area contributed by atoms with Crippen molar-refractivity contribution in [2.24, 2.45) is 0 Å². The molecule has 0 aliphatic carbocycles. The van der Waals surface area contributed by atoms with E-state index in [1.807, 2.05) is 36.4 Å². The van der Waals surface area contributed by atoms with Crippen LogP contribution in [0.3, 0.4) is 0 Å². The van der Waals surface area contributed by atoms with E-state index in [0.717, 1.165) is 17.2 Å². The Balaban J connectivity index is 1.71. The molecule has 118 valence electrons.